The Morgan fingerprint density at radius 2 is 1.94 bits per heavy atom. The number of rotatable bonds is 4. The highest BCUT2D eigenvalue weighted by Crippen LogP contribution is 2.31. The van der Waals surface area contributed by atoms with Gasteiger partial charge in [-0.15, -0.1) is 0 Å². The second-order valence-electron chi connectivity index (χ2n) is 2.63. The summed E-state index contributed by atoms with van der Waals surface area (Å²) >= 11 is 3.92. The van der Waals surface area contributed by atoms with Gasteiger partial charge in [0.25, 0.3) is 0 Å². The van der Waals surface area contributed by atoms with Crippen LogP contribution in [-0.4, -0.2) is 15.8 Å². The molecule has 0 fully saturated rings. The minimum absolute atomic E-state index is 0.392. The third-order valence-corrected chi connectivity index (χ3v) is 2.18. The van der Waals surface area contributed by atoms with Crippen LogP contribution >= 0.6 is 22.7 Å². The van der Waals surface area contributed by atoms with E-state index in [2.05, 4.69) is 15.8 Å². The van der Waals surface area contributed by atoms with Gasteiger partial charge in [0, 0.05) is 6.07 Å². The fourth-order valence-corrected chi connectivity index (χ4v) is 1.47. The lowest BCUT2D eigenvalue weighted by Crippen LogP contribution is -2.06. The van der Waals surface area contributed by atoms with Gasteiger partial charge in [-0.25, -0.2) is 4.79 Å². The Balaban J connectivity index is 3.40. The number of nitro benzene ring substituents is 2. The molecule has 0 saturated heterocycles. The zero-order valence-corrected chi connectivity index (χ0v) is 9.64. The van der Waals surface area contributed by atoms with Crippen LogP contribution in [0, 0.1) is 20.2 Å². The first kappa shape index (κ1) is 13.3. The quantitative estimate of drug-likeness (QED) is 0.294. The van der Waals surface area contributed by atoms with Gasteiger partial charge in [0.15, 0.2) is 0 Å². The molecular weight excluding hydrogens is 272 g/mol. The topological polar surface area (TPSA) is 113 Å². The summed E-state index contributed by atoms with van der Waals surface area (Å²) in [6.07, 6.45) is 0. The highest BCUT2D eigenvalue weighted by Gasteiger charge is 2.32. The SMILES string of the molecule is O=C(OSS)c1cccc([N+](=O)[O-])c1[N+](=O)[O-]. The fourth-order valence-electron chi connectivity index (χ4n) is 1.11. The number of hydrogen-bond donors (Lipinski definition) is 1. The summed E-state index contributed by atoms with van der Waals surface area (Å²) in [5, 5.41) is 21.3. The van der Waals surface area contributed by atoms with Gasteiger partial charge < -0.3 is 4.18 Å². The van der Waals surface area contributed by atoms with E-state index in [-0.39, 0.29) is 0 Å². The molecule has 0 heterocycles. The largest absolute Gasteiger partial charge is 0.376 e. The standard InChI is InChI=1S/C7H4N2O6S2/c10-7(15-17-16)4-2-1-3-5(8(11)12)6(4)9(13)14/h1-3,16H. The van der Waals surface area contributed by atoms with Gasteiger partial charge >= 0.3 is 17.3 Å². The van der Waals surface area contributed by atoms with Crippen LogP contribution in [0.25, 0.3) is 0 Å². The number of nitrogens with zero attached hydrogens (tertiary/aromatic N) is 2. The Bertz CT molecular complexity index is 491. The molecule has 0 atom stereocenters. The van der Waals surface area contributed by atoms with E-state index >= 15 is 0 Å². The van der Waals surface area contributed by atoms with Gasteiger partial charge in [0.1, 0.15) is 16.6 Å². The van der Waals surface area contributed by atoms with E-state index in [0.717, 1.165) is 18.2 Å². The van der Waals surface area contributed by atoms with Gasteiger partial charge in [-0.1, -0.05) is 17.7 Å². The Morgan fingerprint density at radius 1 is 1.29 bits per heavy atom. The molecule has 0 unspecified atom stereocenters. The van der Waals surface area contributed by atoms with Crippen LogP contribution in [0.3, 0.4) is 0 Å². The maximum absolute atomic E-state index is 11.3. The van der Waals surface area contributed by atoms with Crippen LogP contribution in [0.5, 0.6) is 0 Å². The lowest BCUT2D eigenvalue weighted by molar-refractivity contribution is -0.422. The van der Waals surface area contributed by atoms with Crippen LogP contribution in [0.4, 0.5) is 11.4 Å². The first-order valence-corrected chi connectivity index (χ1v) is 5.72. The third kappa shape index (κ3) is 2.85. The first-order valence-electron chi connectivity index (χ1n) is 3.93. The van der Waals surface area contributed by atoms with Crippen molar-refractivity contribution in [3.8, 4) is 0 Å². The van der Waals surface area contributed by atoms with Crippen molar-refractivity contribution in [1.29, 1.82) is 0 Å². The van der Waals surface area contributed by atoms with E-state index in [1.807, 2.05) is 0 Å². The smallest absolute Gasteiger partial charge is 0.360 e. The number of thiol groups is 1. The van der Waals surface area contributed by atoms with E-state index < -0.39 is 32.8 Å². The minimum atomic E-state index is -1.07. The number of para-hydroxylation sites is 1. The first-order chi connectivity index (χ1) is 7.99. The van der Waals surface area contributed by atoms with Crippen molar-refractivity contribution >= 4 is 40.1 Å². The molecule has 0 spiro atoms. The van der Waals surface area contributed by atoms with Gasteiger partial charge in [-0.3, -0.25) is 20.2 Å². The molecule has 0 aliphatic rings. The molecule has 0 bridgehead atoms. The number of nitro groups is 2. The molecule has 1 aromatic carbocycles. The van der Waals surface area contributed by atoms with Crippen molar-refractivity contribution in [3.63, 3.8) is 0 Å². The van der Waals surface area contributed by atoms with Crippen LogP contribution in [0.2, 0.25) is 0 Å². The third-order valence-electron chi connectivity index (χ3n) is 1.73. The van der Waals surface area contributed by atoms with Crippen molar-refractivity contribution < 1.29 is 18.8 Å². The summed E-state index contributed by atoms with van der Waals surface area (Å²) in [7, 11) is 0. The Morgan fingerprint density at radius 3 is 2.41 bits per heavy atom. The molecule has 0 saturated carbocycles. The second-order valence-corrected chi connectivity index (χ2v) is 3.40. The molecule has 8 nitrogen and oxygen atoms in total. The zero-order valence-electron chi connectivity index (χ0n) is 7.93. The van der Waals surface area contributed by atoms with Crippen LogP contribution in [-0.2, 0) is 4.18 Å². The summed E-state index contributed by atoms with van der Waals surface area (Å²) in [6.45, 7) is 0. The molecule has 0 aromatic heterocycles. The average molecular weight is 276 g/mol. The summed E-state index contributed by atoms with van der Waals surface area (Å²) in [5.41, 5.74) is -2.16. The average Bonchev–Trinajstić information content (AvgIpc) is 2.28. The zero-order chi connectivity index (χ0) is 13.0. The molecule has 0 radical (unpaired) electrons. The summed E-state index contributed by atoms with van der Waals surface area (Å²) in [6, 6.07) is 3.16. The molecule has 0 amide bonds. The lowest BCUT2D eigenvalue weighted by atomic mass is 10.1. The van der Waals surface area contributed by atoms with Crippen molar-refractivity contribution in [3.05, 3.63) is 44.0 Å². The van der Waals surface area contributed by atoms with Gasteiger partial charge in [-0.2, -0.15) is 0 Å². The van der Waals surface area contributed by atoms with E-state index in [9.17, 15) is 25.0 Å². The second kappa shape index (κ2) is 5.50. The molecule has 1 rings (SSSR count). The predicted octanol–water partition coefficient (Wildman–Crippen LogP) is 2.15. The van der Waals surface area contributed by atoms with Gasteiger partial charge in [-0.05, 0) is 6.07 Å². The number of hydrogen-bond acceptors (Lipinski definition) is 8. The molecule has 0 N–H and O–H groups in total. The Kier molecular flexibility index (Phi) is 4.29. The molecule has 1 aromatic rings. The number of benzene rings is 1. The molecule has 17 heavy (non-hydrogen) atoms. The van der Waals surface area contributed by atoms with Gasteiger partial charge in [0.05, 0.1) is 9.85 Å². The van der Waals surface area contributed by atoms with E-state index in [4.69, 9.17) is 0 Å². The fraction of sp³-hybridized carbons (Fsp3) is 0. The van der Waals surface area contributed by atoms with Crippen molar-refractivity contribution in [2.24, 2.45) is 0 Å². The van der Waals surface area contributed by atoms with E-state index in [0.29, 0.717) is 11.1 Å². The lowest BCUT2D eigenvalue weighted by Gasteiger charge is -2.01. The summed E-state index contributed by atoms with van der Waals surface area (Å²) < 4.78 is 4.37. The monoisotopic (exact) mass is 276 g/mol. The van der Waals surface area contributed by atoms with Crippen LogP contribution in [0.1, 0.15) is 10.4 Å². The number of carbonyl (C=O) groups is 1. The molecule has 90 valence electrons. The van der Waals surface area contributed by atoms with Crippen molar-refractivity contribution in [1.82, 2.24) is 0 Å². The highest BCUT2D eigenvalue weighted by molar-refractivity contribution is 8.66. The number of carbonyl (C=O) groups excluding carboxylic acids is 1. The molecule has 0 aliphatic carbocycles. The van der Waals surface area contributed by atoms with Crippen LogP contribution < -0.4 is 0 Å². The van der Waals surface area contributed by atoms with Crippen LogP contribution in [0.15, 0.2) is 18.2 Å². The summed E-state index contributed by atoms with van der Waals surface area (Å²) in [4.78, 5) is 30.7. The minimum Gasteiger partial charge on any atom is -0.376 e. The van der Waals surface area contributed by atoms with Crippen molar-refractivity contribution in [2.75, 3.05) is 0 Å². The molecule has 10 heteroatoms. The molecular formula is C7H4N2O6S2. The Labute approximate surface area is 103 Å². The van der Waals surface area contributed by atoms with E-state index in [1.54, 1.807) is 0 Å². The maximum Gasteiger partial charge on any atom is 0.360 e. The van der Waals surface area contributed by atoms with Crippen molar-refractivity contribution in [2.45, 2.75) is 0 Å². The Hall–Kier alpha value is -1.81. The van der Waals surface area contributed by atoms with E-state index in [1.165, 1.54) is 0 Å². The highest BCUT2D eigenvalue weighted by atomic mass is 33.1. The summed E-state index contributed by atoms with van der Waals surface area (Å²) in [5.74, 6) is -1.07. The molecule has 0 aliphatic heterocycles. The maximum atomic E-state index is 11.3. The normalized spacial score (nSPS) is 9.71. The van der Waals surface area contributed by atoms with Gasteiger partial charge in [0.2, 0.25) is 0 Å². The predicted molar refractivity (Wildman–Crippen MR) is 61.7 cm³/mol.